The molecule has 0 fully saturated rings. The van der Waals surface area contributed by atoms with Gasteiger partial charge < -0.3 is 9.80 Å². The summed E-state index contributed by atoms with van der Waals surface area (Å²) in [6.45, 7) is 8.95. The second kappa shape index (κ2) is 15.1. The Hall–Kier alpha value is -7.83. The quantitative estimate of drug-likeness (QED) is 0.166. The van der Waals surface area contributed by atoms with Gasteiger partial charge in [-0.25, -0.2) is 0 Å². The van der Waals surface area contributed by atoms with E-state index in [-0.39, 0.29) is 0 Å². The van der Waals surface area contributed by atoms with Gasteiger partial charge in [-0.05, 0) is 145 Å². The predicted molar refractivity (Wildman–Crippen MR) is 295 cm³/mol. The summed E-state index contributed by atoms with van der Waals surface area (Å²) in [5.41, 5.74) is 21.5. The average Bonchev–Trinajstić information content (AvgIpc) is 4.13. The number of pyridine rings is 1. The van der Waals surface area contributed by atoms with Crippen molar-refractivity contribution in [3.8, 4) is 22.3 Å². The molecule has 12 aromatic rings. The van der Waals surface area contributed by atoms with Gasteiger partial charge in [0.05, 0.1) is 16.8 Å². The minimum atomic E-state index is -0.663. The van der Waals surface area contributed by atoms with Gasteiger partial charge in [0.1, 0.15) is 0 Å². The highest BCUT2D eigenvalue weighted by Gasteiger charge is 2.54. The van der Waals surface area contributed by atoms with E-state index in [4.69, 9.17) is 4.98 Å². The lowest BCUT2D eigenvalue weighted by Crippen LogP contribution is -2.27. The molecule has 69 heavy (non-hydrogen) atoms. The topological polar surface area (TPSA) is 19.4 Å². The van der Waals surface area contributed by atoms with Gasteiger partial charge >= 0.3 is 0 Å². The van der Waals surface area contributed by atoms with E-state index in [1.165, 1.54) is 119 Å². The van der Waals surface area contributed by atoms with Gasteiger partial charge in [0.2, 0.25) is 0 Å². The molecule has 0 saturated heterocycles. The maximum absolute atomic E-state index is 5.46. The molecule has 3 heterocycles. The van der Waals surface area contributed by atoms with E-state index < -0.39 is 5.41 Å². The summed E-state index contributed by atoms with van der Waals surface area (Å²) in [4.78, 5) is 10.4. The monoisotopic (exact) mass is 919 g/mol. The molecule has 9 aromatic carbocycles. The van der Waals surface area contributed by atoms with Crippen molar-refractivity contribution in [1.82, 2.24) is 4.98 Å². The van der Waals surface area contributed by atoms with Gasteiger partial charge in [-0.3, -0.25) is 4.98 Å². The molecule has 0 bridgehead atoms. The first-order valence-corrected chi connectivity index (χ1v) is 25.4. The Morgan fingerprint density at radius 1 is 0.406 bits per heavy atom. The summed E-state index contributed by atoms with van der Waals surface area (Å²) in [5, 5.41) is 5.10. The third kappa shape index (κ3) is 5.57. The molecule has 2 aliphatic rings. The molecule has 0 radical (unpaired) electrons. The van der Waals surface area contributed by atoms with Crippen LogP contribution in [0.1, 0.15) is 44.6 Å². The number of benzene rings is 9. The van der Waals surface area contributed by atoms with Crippen LogP contribution >= 0.6 is 22.7 Å². The Labute approximate surface area is 409 Å². The van der Waals surface area contributed by atoms with E-state index in [2.05, 4.69) is 232 Å². The number of nitrogens with zero attached hydrogens (tertiary/aromatic N) is 3. The van der Waals surface area contributed by atoms with Gasteiger partial charge in [-0.1, -0.05) is 121 Å². The van der Waals surface area contributed by atoms with Crippen LogP contribution in [0.2, 0.25) is 0 Å². The molecule has 0 amide bonds. The van der Waals surface area contributed by atoms with Crippen molar-refractivity contribution >= 4 is 97.1 Å². The molecule has 328 valence electrons. The first-order chi connectivity index (χ1) is 33.9. The maximum atomic E-state index is 5.46. The summed E-state index contributed by atoms with van der Waals surface area (Å²) < 4.78 is 5.19. The highest BCUT2D eigenvalue weighted by Crippen LogP contribution is 2.67. The highest BCUT2D eigenvalue weighted by molar-refractivity contribution is 7.27. The molecular formula is C64H45N3S2. The highest BCUT2D eigenvalue weighted by atomic mass is 32.1. The molecule has 1 atom stereocenters. The van der Waals surface area contributed by atoms with Crippen molar-refractivity contribution < 1.29 is 0 Å². The van der Waals surface area contributed by atoms with Crippen molar-refractivity contribution in [2.75, 3.05) is 9.80 Å². The molecule has 2 aliphatic carbocycles. The number of aryl methyl sites for hydroxylation is 2. The fraction of sp³-hybridized carbons (Fsp3) is 0.0781. The van der Waals surface area contributed by atoms with Crippen molar-refractivity contribution in [2.45, 2.75) is 33.1 Å². The second-order valence-corrected chi connectivity index (χ2v) is 20.8. The number of para-hydroxylation sites is 2. The van der Waals surface area contributed by atoms with E-state index in [1.54, 1.807) is 0 Å². The van der Waals surface area contributed by atoms with Crippen molar-refractivity contribution in [3.63, 3.8) is 0 Å². The van der Waals surface area contributed by atoms with Crippen molar-refractivity contribution in [2.24, 2.45) is 0 Å². The zero-order valence-electron chi connectivity index (χ0n) is 38.7. The average molecular weight is 920 g/mol. The Kier molecular flexibility index (Phi) is 8.80. The van der Waals surface area contributed by atoms with Crippen molar-refractivity contribution in [1.29, 1.82) is 0 Å². The minimum Gasteiger partial charge on any atom is -0.310 e. The fourth-order valence-electron chi connectivity index (χ4n) is 11.9. The van der Waals surface area contributed by atoms with Crippen LogP contribution in [-0.4, -0.2) is 4.98 Å². The lowest BCUT2D eigenvalue weighted by atomic mass is 9.72. The number of thiophene rings is 2. The normalized spacial score (nSPS) is 14.4. The first kappa shape index (κ1) is 40.3. The number of rotatable bonds is 6. The molecule has 0 aliphatic heterocycles. The first-order valence-electron chi connectivity index (χ1n) is 23.8. The smallest absolute Gasteiger partial charge is 0.0899 e. The lowest BCUT2D eigenvalue weighted by Gasteiger charge is -2.32. The zero-order valence-corrected chi connectivity index (χ0v) is 40.3. The van der Waals surface area contributed by atoms with E-state index in [9.17, 15) is 0 Å². The molecule has 1 spiro atoms. The van der Waals surface area contributed by atoms with Crippen LogP contribution in [0.3, 0.4) is 0 Å². The van der Waals surface area contributed by atoms with Gasteiger partial charge in [0, 0.05) is 91.7 Å². The van der Waals surface area contributed by atoms with Crippen LogP contribution in [0.15, 0.2) is 200 Å². The summed E-state index contributed by atoms with van der Waals surface area (Å²) >= 11 is 3.87. The zero-order chi connectivity index (χ0) is 46.1. The van der Waals surface area contributed by atoms with E-state index in [1.807, 2.05) is 28.9 Å². The number of hydrogen-bond donors (Lipinski definition) is 0. The Morgan fingerprint density at radius 3 is 1.80 bits per heavy atom. The van der Waals surface area contributed by atoms with Gasteiger partial charge in [-0.15, -0.1) is 22.7 Å². The molecule has 5 heteroatoms. The third-order valence-electron chi connectivity index (χ3n) is 15.3. The maximum Gasteiger partial charge on any atom is 0.0899 e. The summed E-state index contributed by atoms with van der Waals surface area (Å²) in [6.07, 6.45) is 2.00. The predicted octanol–water partition coefficient (Wildman–Crippen LogP) is 18.3. The largest absolute Gasteiger partial charge is 0.310 e. The molecule has 1 unspecified atom stereocenters. The van der Waals surface area contributed by atoms with Crippen LogP contribution < -0.4 is 9.80 Å². The van der Waals surface area contributed by atoms with Crippen LogP contribution in [0, 0.1) is 27.7 Å². The van der Waals surface area contributed by atoms with Crippen LogP contribution in [0.4, 0.5) is 34.1 Å². The summed E-state index contributed by atoms with van der Waals surface area (Å²) in [7, 11) is 0. The van der Waals surface area contributed by atoms with Crippen LogP contribution in [-0.2, 0) is 5.41 Å². The van der Waals surface area contributed by atoms with Crippen LogP contribution in [0.25, 0.3) is 62.6 Å². The fourth-order valence-corrected chi connectivity index (χ4v) is 14.4. The number of aromatic nitrogens is 1. The molecule has 3 aromatic heterocycles. The Morgan fingerprint density at radius 2 is 1.03 bits per heavy atom. The number of fused-ring (bicyclic) bond motifs is 18. The van der Waals surface area contributed by atoms with Crippen molar-refractivity contribution in [3.05, 3.63) is 245 Å². The molecule has 0 N–H and O–H groups in total. The second-order valence-electron chi connectivity index (χ2n) is 18.7. The third-order valence-corrected chi connectivity index (χ3v) is 17.6. The standard InChI is InChI=1S/C64H45N3S2/c1-38-18-15-28-53(40(38)3)66(42-20-7-5-8-21-42)44-31-34-57-49(36-44)46-32-33-51-59(61(46)68-57)60-52(64(51)50-27-13-11-24-45(50)47-26-17-35-65-63(47)64)37-55(58-48-25-12-14-30-56(48)69-62(58)60)67(43-22-9-6-10-23-43)54-29-16-19-39(2)41(54)4/h5-37H,1-4H3. The molecular weight excluding hydrogens is 875 g/mol. The Balaban J connectivity index is 1.13. The van der Waals surface area contributed by atoms with E-state index >= 15 is 0 Å². The molecule has 14 rings (SSSR count). The van der Waals surface area contributed by atoms with Crippen LogP contribution in [0.5, 0.6) is 0 Å². The van der Waals surface area contributed by atoms with E-state index in [0.717, 1.165) is 22.8 Å². The Bertz CT molecular complexity index is 4040. The summed E-state index contributed by atoms with van der Waals surface area (Å²) in [6, 6.07) is 72.2. The summed E-state index contributed by atoms with van der Waals surface area (Å²) in [5.74, 6) is 0. The number of hydrogen-bond acceptors (Lipinski definition) is 5. The SMILES string of the molecule is Cc1cccc(N(c2ccccc2)c2ccc3sc4c5c(ccc4c3c2)C2(c3ccccc3-c3cccnc32)c2cc(N(c3ccccc3)c3cccc(C)c3C)c3c(sc4ccccc43)c2-5)c1C. The van der Waals surface area contributed by atoms with Gasteiger partial charge in [-0.2, -0.15) is 0 Å². The molecule has 3 nitrogen and oxygen atoms in total. The lowest BCUT2D eigenvalue weighted by molar-refractivity contribution is 0.761. The van der Waals surface area contributed by atoms with Gasteiger partial charge in [0.15, 0.2) is 0 Å². The molecule has 0 saturated carbocycles. The minimum absolute atomic E-state index is 0.663. The number of anilines is 6. The van der Waals surface area contributed by atoms with Gasteiger partial charge in [0.25, 0.3) is 0 Å². The van der Waals surface area contributed by atoms with E-state index in [0.29, 0.717) is 0 Å².